The zero-order valence-corrected chi connectivity index (χ0v) is 11.7. The van der Waals surface area contributed by atoms with E-state index >= 15 is 0 Å². The third-order valence-electron chi connectivity index (χ3n) is 5.54. The fourth-order valence-electron chi connectivity index (χ4n) is 4.61. The summed E-state index contributed by atoms with van der Waals surface area (Å²) in [6.45, 7) is 8.58. The predicted molar refractivity (Wildman–Crippen MR) is 69.6 cm³/mol. The Bertz CT molecular complexity index is 285. The van der Waals surface area contributed by atoms with E-state index in [1.54, 1.807) is 0 Å². The second-order valence-electron chi connectivity index (χ2n) is 7.28. The summed E-state index contributed by atoms with van der Waals surface area (Å²) >= 11 is 0. The lowest BCUT2D eigenvalue weighted by atomic mass is 9.51. The predicted octanol–water partition coefficient (Wildman–Crippen LogP) is 2.97. The summed E-state index contributed by atoms with van der Waals surface area (Å²) in [5.74, 6) is 0.926. The van der Waals surface area contributed by atoms with Crippen LogP contribution in [0.15, 0.2) is 0 Å². The first-order chi connectivity index (χ1) is 7.78. The van der Waals surface area contributed by atoms with Crippen LogP contribution in [-0.2, 0) is 0 Å². The van der Waals surface area contributed by atoms with Crippen molar-refractivity contribution < 1.29 is 10.2 Å². The Kier molecular flexibility index (Phi) is 3.33. The molecule has 0 aromatic heterocycles. The molecular formula is C15H28O2. The second kappa shape index (κ2) is 4.24. The van der Waals surface area contributed by atoms with Crippen LogP contribution in [0.2, 0.25) is 0 Å². The van der Waals surface area contributed by atoms with Crippen LogP contribution in [0, 0.1) is 23.2 Å². The monoisotopic (exact) mass is 240 g/mol. The summed E-state index contributed by atoms with van der Waals surface area (Å²) in [5, 5.41) is 21.3. The van der Waals surface area contributed by atoms with E-state index in [9.17, 15) is 10.2 Å². The molecule has 2 N–H and O–H groups in total. The third-order valence-corrected chi connectivity index (χ3v) is 5.54. The first kappa shape index (κ1) is 13.4. The topological polar surface area (TPSA) is 40.5 Å². The summed E-state index contributed by atoms with van der Waals surface area (Å²) in [4.78, 5) is 0. The molecule has 0 heterocycles. The van der Waals surface area contributed by atoms with Gasteiger partial charge in [-0.05, 0) is 49.9 Å². The molecule has 17 heavy (non-hydrogen) atoms. The third kappa shape index (κ3) is 2.15. The number of fused-ring (bicyclic) bond motifs is 1. The smallest absolute Gasteiger partial charge is 0.0677 e. The number of hydrogen-bond donors (Lipinski definition) is 2. The van der Waals surface area contributed by atoms with Gasteiger partial charge in [0.2, 0.25) is 0 Å². The van der Waals surface area contributed by atoms with Gasteiger partial charge in [0.05, 0.1) is 11.7 Å². The van der Waals surface area contributed by atoms with Crippen molar-refractivity contribution in [2.75, 3.05) is 0 Å². The Labute approximate surface area is 105 Å². The number of aliphatic hydroxyl groups is 2. The van der Waals surface area contributed by atoms with Gasteiger partial charge in [-0.3, -0.25) is 0 Å². The Balaban J connectivity index is 2.29. The van der Waals surface area contributed by atoms with Crippen molar-refractivity contribution in [1.82, 2.24) is 0 Å². The molecule has 2 rings (SSSR count). The van der Waals surface area contributed by atoms with Crippen molar-refractivity contribution in [3.63, 3.8) is 0 Å². The van der Waals surface area contributed by atoms with Gasteiger partial charge in [0.25, 0.3) is 0 Å². The van der Waals surface area contributed by atoms with Gasteiger partial charge in [-0.1, -0.05) is 27.2 Å². The Morgan fingerprint density at radius 1 is 1.12 bits per heavy atom. The highest BCUT2D eigenvalue weighted by Crippen LogP contribution is 2.56. The molecular weight excluding hydrogens is 212 g/mol. The van der Waals surface area contributed by atoms with Crippen molar-refractivity contribution in [1.29, 1.82) is 0 Å². The van der Waals surface area contributed by atoms with E-state index in [2.05, 4.69) is 20.8 Å². The SMILES string of the molecule is CC(C)[C@@H]1CC[C@@]2(C)CCC[C@](C)(O)[C@@H]2[C@H]1O. The van der Waals surface area contributed by atoms with E-state index in [0.717, 1.165) is 32.1 Å². The molecule has 100 valence electrons. The first-order valence-electron chi connectivity index (χ1n) is 7.18. The summed E-state index contributed by atoms with van der Waals surface area (Å²) < 4.78 is 0. The van der Waals surface area contributed by atoms with Gasteiger partial charge in [0.15, 0.2) is 0 Å². The molecule has 2 nitrogen and oxygen atoms in total. The van der Waals surface area contributed by atoms with E-state index < -0.39 is 5.60 Å². The molecule has 2 heteroatoms. The van der Waals surface area contributed by atoms with Gasteiger partial charge in [0, 0.05) is 5.92 Å². The lowest BCUT2D eigenvalue weighted by Crippen LogP contribution is -2.58. The molecule has 2 fully saturated rings. The van der Waals surface area contributed by atoms with Crippen molar-refractivity contribution in [3.8, 4) is 0 Å². The highest BCUT2D eigenvalue weighted by atomic mass is 16.3. The fraction of sp³-hybridized carbons (Fsp3) is 1.00. The van der Waals surface area contributed by atoms with Crippen LogP contribution in [0.3, 0.4) is 0 Å². The van der Waals surface area contributed by atoms with E-state index in [1.807, 2.05) is 6.92 Å². The van der Waals surface area contributed by atoms with E-state index in [0.29, 0.717) is 11.8 Å². The van der Waals surface area contributed by atoms with Crippen molar-refractivity contribution in [2.24, 2.45) is 23.2 Å². The van der Waals surface area contributed by atoms with E-state index in [1.165, 1.54) is 0 Å². The van der Waals surface area contributed by atoms with E-state index in [-0.39, 0.29) is 17.4 Å². The largest absolute Gasteiger partial charge is 0.392 e. The first-order valence-corrected chi connectivity index (χ1v) is 7.18. The lowest BCUT2D eigenvalue weighted by molar-refractivity contribution is -0.184. The summed E-state index contributed by atoms with van der Waals surface area (Å²) in [6, 6.07) is 0. The molecule has 0 radical (unpaired) electrons. The Morgan fingerprint density at radius 2 is 1.76 bits per heavy atom. The highest BCUT2D eigenvalue weighted by Gasteiger charge is 2.55. The normalized spacial score (nSPS) is 51.4. The number of hydrogen-bond acceptors (Lipinski definition) is 2. The minimum atomic E-state index is -0.681. The number of aliphatic hydroxyl groups excluding tert-OH is 1. The molecule has 0 saturated heterocycles. The van der Waals surface area contributed by atoms with Crippen LogP contribution in [0.4, 0.5) is 0 Å². The van der Waals surface area contributed by atoms with Gasteiger partial charge >= 0.3 is 0 Å². The van der Waals surface area contributed by atoms with Crippen LogP contribution in [-0.4, -0.2) is 21.9 Å². The zero-order chi connectivity index (χ0) is 12.8. The minimum absolute atomic E-state index is 0.0601. The lowest BCUT2D eigenvalue weighted by Gasteiger charge is -2.57. The molecule has 0 unspecified atom stereocenters. The summed E-state index contributed by atoms with van der Waals surface area (Å²) in [7, 11) is 0. The molecule has 2 saturated carbocycles. The molecule has 0 spiro atoms. The maximum atomic E-state index is 10.7. The average molecular weight is 240 g/mol. The highest BCUT2D eigenvalue weighted by molar-refractivity contribution is 5.05. The fourth-order valence-corrected chi connectivity index (χ4v) is 4.61. The van der Waals surface area contributed by atoms with Crippen LogP contribution in [0.5, 0.6) is 0 Å². The molecule has 0 bridgehead atoms. The standard InChI is InChI=1S/C15H28O2/c1-10(2)11-6-9-14(3)7-5-8-15(4,17)13(14)12(11)16/h10-13,16-17H,5-9H2,1-4H3/t11-,12-,13+,14+,15-/m0/s1. The second-order valence-corrected chi connectivity index (χ2v) is 7.28. The Morgan fingerprint density at radius 3 is 2.35 bits per heavy atom. The maximum absolute atomic E-state index is 10.7. The molecule has 2 aliphatic rings. The maximum Gasteiger partial charge on any atom is 0.0677 e. The van der Waals surface area contributed by atoms with E-state index in [4.69, 9.17) is 0 Å². The van der Waals surface area contributed by atoms with Crippen LogP contribution in [0.25, 0.3) is 0 Å². The summed E-state index contributed by atoms with van der Waals surface area (Å²) in [6.07, 6.45) is 5.04. The average Bonchev–Trinajstić information content (AvgIpc) is 2.14. The molecule has 0 amide bonds. The Hall–Kier alpha value is -0.0800. The minimum Gasteiger partial charge on any atom is -0.392 e. The van der Waals surface area contributed by atoms with Crippen molar-refractivity contribution in [2.45, 2.75) is 71.5 Å². The van der Waals surface area contributed by atoms with Gasteiger partial charge in [-0.15, -0.1) is 0 Å². The molecule has 0 aromatic rings. The summed E-state index contributed by atoms with van der Waals surface area (Å²) in [5.41, 5.74) is -0.535. The number of rotatable bonds is 1. The van der Waals surface area contributed by atoms with Gasteiger partial charge in [-0.25, -0.2) is 0 Å². The van der Waals surface area contributed by atoms with Crippen LogP contribution in [0.1, 0.15) is 59.8 Å². The van der Waals surface area contributed by atoms with Gasteiger partial charge in [-0.2, -0.15) is 0 Å². The van der Waals surface area contributed by atoms with Gasteiger partial charge in [0.1, 0.15) is 0 Å². The molecule has 0 aliphatic heterocycles. The van der Waals surface area contributed by atoms with Crippen LogP contribution >= 0.6 is 0 Å². The van der Waals surface area contributed by atoms with Crippen molar-refractivity contribution >= 4 is 0 Å². The quantitative estimate of drug-likeness (QED) is 0.740. The molecule has 0 aromatic carbocycles. The molecule has 2 aliphatic carbocycles. The van der Waals surface area contributed by atoms with Gasteiger partial charge < -0.3 is 10.2 Å². The molecule has 5 atom stereocenters. The zero-order valence-electron chi connectivity index (χ0n) is 11.7. The van der Waals surface area contributed by atoms with Crippen molar-refractivity contribution in [3.05, 3.63) is 0 Å². The van der Waals surface area contributed by atoms with Crippen LogP contribution < -0.4 is 0 Å².